The maximum Gasteiger partial charge on any atom is 0.415 e. The van der Waals surface area contributed by atoms with Gasteiger partial charge in [0.05, 0.1) is 0 Å². The van der Waals surface area contributed by atoms with Crippen molar-refractivity contribution >= 4 is 28.8 Å². The highest BCUT2D eigenvalue weighted by Gasteiger charge is 2.43. The Labute approximate surface area is 127 Å². The number of phenolic OH excluding ortho intramolecular Hbond substituents is 1. The first kappa shape index (κ1) is 16.4. The van der Waals surface area contributed by atoms with Gasteiger partial charge in [0.2, 0.25) is 0 Å². The smallest absolute Gasteiger partial charge is 0.415 e. The predicted molar refractivity (Wildman–Crippen MR) is 70.1 cm³/mol. The summed E-state index contributed by atoms with van der Waals surface area (Å²) in [4.78, 5) is 11.2. The van der Waals surface area contributed by atoms with Crippen molar-refractivity contribution in [3.8, 4) is 5.75 Å². The molecular formula is C13H9F2O6S-. The molecule has 118 valence electrons. The number of phenols is 1. The first-order valence-corrected chi connectivity index (χ1v) is 6.58. The summed E-state index contributed by atoms with van der Waals surface area (Å²) in [6.45, 7) is -0.404. The predicted octanol–water partition coefficient (Wildman–Crippen LogP) is 2.05. The maximum atomic E-state index is 13.1. The minimum Gasteiger partial charge on any atom is -0.691 e. The molecule has 0 radical (unpaired) electrons. The third kappa shape index (κ3) is 3.83. The zero-order valence-corrected chi connectivity index (χ0v) is 11.6. The minimum absolute atomic E-state index is 0.0822. The van der Waals surface area contributed by atoms with Gasteiger partial charge in [-0.25, -0.2) is 4.79 Å². The standard InChI is InChI=1S/C13H10F2O6S/c14-13(15,22-21-20-18)12(17)19-7-8-4-5-10-9(6-8)2-1-3-11(10)16/h1-6,16,18H,7H2/p-1. The van der Waals surface area contributed by atoms with Gasteiger partial charge in [0.15, 0.2) is 0 Å². The van der Waals surface area contributed by atoms with E-state index in [0.29, 0.717) is 16.3 Å². The van der Waals surface area contributed by atoms with Gasteiger partial charge in [0.25, 0.3) is 0 Å². The molecule has 0 saturated heterocycles. The molecule has 0 saturated carbocycles. The topological polar surface area (TPSA) is 88.1 Å². The second-order valence-electron chi connectivity index (χ2n) is 4.14. The van der Waals surface area contributed by atoms with Gasteiger partial charge in [-0.15, -0.1) is 0 Å². The number of rotatable bonds is 6. The highest BCUT2D eigenvalue weighted by molar-refractivity contribution is 7.96. The van der Waals surface area contributed by atoms with Crippen molar-refractivity contribution in [3.63, 3.8) is 0 Å². The number of hydrogen-bond donors (Lipinski definition) is 1. The Morgan fingerprint density at radius 1 is 1.32 bits per heavy atom. The Bertz CT molecular complexity index is 679. The normalized spacial score (nSPS) is 11.6. The summed E-state index contributed by atoms with van der Waals surface area (Å²) in [6, 6.07) is 9.54. The Hall–Kier alpha value is -1.94. The molecule has 0 fully saturated rings. The number of carbonyl (C=O) groups is 1. The van der Waals surface area contributed by atoms with Gasteiger partial charge in [0, 0.05) is 5.39 Å². The molecule has 2 aromatic carbocycles. The van der Waals surface area contributed by atoms with Gasteiger partial charge in [0.1, 0.15) is 24.4 Å². The van der Waals surface area contributed by atoms with E-state index in [-0.39, 0.29) is 5.75 Å². The minimum atomic E-state index is -4.07. The largest absolute Gasteiger partial charge is 0.691 e. The van der Waals surface area contributed by atoms with E-state index < -0.39 is 29.9 Å². The van der Waals surface area contributed by atoms with Crippen LogP contribution in [0.25, 0.3) is 10.8 Å². The number of hydrogen-bond acceptors (Lipinski definition) is 7. The van der Waals surface area contributed by atoms with Crippen LogP contribution in [0.2, 0.25) is 0 Å². The lowest BCUT2D eigenvalue weighted by atomic mass is 10.1. The molecular weight excluding hydrogens is 322 g/mol. The van der Waals surface area contributed by atoms with Crippen molar-refractivity contribution in [2.75, 3.05) is 0 Å². The maximum absolute atomic E-state index is 13.1. The summed E-state index contributed by atoms with van der Waals surface area (Å²) in [5.74, 6) is -1.79. The van der Waals surface area contributed by atoms with E-state index in [4.69, 9.17) is 0 Å². The lowest BCUT2D eigenvalue weighted by Gasteiger charge is -2.14. The number of benzene rings is 2. The van der Waals surface area contributed by atoms with Crippen molar-refractivity contribution in [2.24, 2.45) is 0 Å². The number of carbonyl (C=O) groups excluding carboxylic acids is 1. The summed E-state index contributed by atoms with van der Waals surface area (Å²) >= 11 is -0.749. The Balaban J connectivity index is 2.04. The zero-order chi connectivity index (χ0) is 16.2. The molecule has 9 heteroatoms. The molecule has 0 spiro atoms. The van der Waals surface area contributed by atoms with Crippen molar-refractivity contribution in [3.05, 3.63) is 42.0 Å². The molecule has 22 heavy (non-hydrogen) atoms. The molecule has 2 rings (SSSR count). The van der Waals surface area contributed by atoms with Crippen LogP contribution in [0, 0.1) is 0 Å². The summed E-state index contributed by atoms with van der Waals surface area (Å²) in [5, 5.41) is 19.0. The van der Waals surface area contributed by atoms with Crippen LogP contribution in [-0.2, 0) is 25.5 Å². The SMILES string of the molecule is O=C(OCc1ccc2c(O)cccc2c1)C(F)(F)SOO[O-]. The van der Waals surface area contributed by atoms with Gasteiger partial charge in [-0.2, -0.15) is 13.1 Å². The highest BCUT2D eigenvalue weighted by Crippen LogP contribution is 2.31. The van der Waals surface area contributed by atoms with Gasteiger partial charge in [-0.1, -0.05) is 24.3 Å². The second-order valence-corrected chi connectivity index (χ2v) is 4.96. The third-order valence-corrected chi connectivity index (χ3v) is 3.20. The van der Waals surface area contributed by atoms with Crippen molar-refractivity contribution in [1.82, 2.24) is 0 Å². The molecule has 0 atom stereocenters. The van der Waals surface area contributed by atoms with Gasteiger partial charge >= 0.3 is 11.2 Å². The fraction of sp³-hybridized carbons (Fsp3) is 0.154. The molecule has 2 aromatic rings. The van der Waals surface area contributed by atoms with E-state index in [0.717, 1.165) is 0 Å². The van der Waals surface area contributed by atoms with Crippen LogP contribution in [0.1, 0.15) is 5.56 Å². The van der Waals surface area contributed by atoms with Crippen LogP contribution in [0.5, 0.6) is 5.75 Å². The molecule has 0 heterocycles. The van der Waals surface area contributed by atoms with E-state index in [1.165, 1.54) is 12.1 Å². The van der Waals surface area contributed by atoms with Gasteiger partial charge < -0.3 is 15.1 Å². The van der Waals surface area contributed by atoms with Crippen LogP contribution in [0.3, 0.4) is 0 Å². The Morgan fingerprint density at radius 2 is 2.09 bits per heavy atom. The lowest BCUT2D eigenvalue weighted by molar-refractivity contribution is -0.777. The average Bonchev–Trinajstić information content (AvgIpc) is 2.50. The Kier molecular flexibility index (Phi) is 5.14. The molecule has 6 nitrogen and oxygen atoms in total. The number of halogens is 2. The van der Waals surface area contributed by atoms with Crippen LogP contribution in [-0.4, -0.2) is 16.3 Å². The molecule has 0 aliphatic carbocycles. The molecule has 0 unspecified atom stereocenters. The van der Waals surface area contributed by atoms with Gasteiger partial charge in [-0.05, 0) is 23.1 Å². The van der Waals surface area contributed by atoms with Crippen molar-refractivity contribution in [2.45, 2.75) is 11.9 Å². The monoisotopic (exact) mass is 331 g/mol. The molecule has 0 aliphatic heterocycles. The van der Waals surface area contributed by atoms with Crippen LogP contribution in [0.4, 0.5) is 8.78 Å². The zero-order valence-electron chi connectivity index (χ0n) is 10.8. The van der Waals surface area contributed by atoms with E-state index in [1.54, 1.807) is 24.3 Å². The van der Waals surface area contributed by atoms with E-state index in [1.807, 2.05) is 0 Å². The first-order chi connectivity index (χ1) is 10.4. The molecule has 0 aromatic heterocycles. The molecule has 0 bridgehead atoms. The van der Waals surface area contributed by atoms with Crippen LogP contribution >= 0.6 is 12.0 Å². The highest BCUT2D eigenvalue weighted by atomic mass is 32.2. The molecule has 1 N–H and O–H groups in total. The number of fused-ring (bicyclic) bond motifs is 1. The number of aromatic hydroxyl groups is 1. The first-order valence-electron chi connectivity index (χ1n) is 5.84. The van der Waals surface area contributed by atoms with E-state index in [2.05, 4.69) is 14.1 Å². The fourth-order valence-electron chi connectivity index (χ4n) is 1.73. The third-order valence-electron chi connectivity index (χ3n) is 2.70. The number of ether oxygens (including phenoxy) is 1. The quantitative estimate of drug-likeness (QED) is 0.375. The number of alkyl halides is 2. The van der Waals surface area contributed by atoms with Crippen molar-refractivity contribution in [1.29, 1.82) is 0 Å². The summed E-state index contributed by atoms with van der Waals surface area (Å²) < 4.78 is 34.1. The molecule has 0 aliphatic rings. The van der Waals surface area contributed by atoms with Crippen LogP contribution < -0.4 is 5.26 Å². The summed E-state index contributed by atoms with van der Waals surface area (Å²) in [7, 11) is 0. The average molecular weight is 331 g/mol. The van der Waals surface area contributed by atoms with Gasteiger partial charge in [-0.3, -0.25) is 5.04 Å². The fourth-order valence-corrected chi connectivity index (χ4v) is 1.97. The summed E-state index contributed by atoms with van der Waals surface area (Å²) in [6.07, 6.45) is 0. The van der Waals surface area contributed by atoms with E-state index in [9.17, 15) is 23.9 Å². The van der Waals surface area contributed by atoms with E-state index >= 15 is 0 Å². The lowest BCUT2D eigenvalue weighted by Crippen LogP contribution is -2.27. The van der Waals surface area contributed by atoms with Crippen LogP contribution in [0.15, 0.2) is 36.4 Å². The molecule has 0 amide bonds. The number of esters is 1. The summed E-state index contributed by atoms with van der Waals surface area (Å²) in [5.41, 5.74) is 0.452. The van der Waals surface area contributed by atoms with Crippen molar-refractivity contribution < 1.29 is 38.0 Å². The Morgan fingerprint density at radius 3 is 2.82 bits per heavy atom. The second kappa shape index (κ2) is 6.88.